The highest BCUT2D eigenvalue weighted by atomic mass is 32.2. The lowest BCUT2D eigenvalue weighted by atomic mass is 9.92. The van der Waals surface area contributed by atoms with Gasteiger partial charge in [0.2, 0.25) is 11.8 Å². The van der Waals surface area contributed by atoms with Crippen molar-refractivity contribution in [1.29, 1.82) is 0 Å². The minimum Gasteiger partial charge on any atom is -0.490 e. The lowest BCUT2D eigenvalue weighted by Gasteiger charge is -2.33. The summed E-state index contributed by atoms with van der Waals surface area (Å²) in [6.07, 6.45) is -3.58. The molecular formula is C40H46F3N5O10S. The molecule has 1 saturated heterocycles. The molecule has 0 spiro atoms. The first-order chi connectivity index (χ1) is 27.6. The number of likely N-dealkylation sites (tertiary alicyclic amines) is 1. The number of sulfone groups is 1. The van der Waals surface area contributed by atoms with Gasteiger partial charge >= 0.3 is 18.1 Å². The first-order valence-electron chi connectivity index (χ1n) is 18.4. The van der Waals surface area contributed by atoms with Crippen molar-refractivity contribution in [2.24, 2.45) is 5.92 Å². The van der Waals surface area contributed by atoms with Gasteiger partial charge in [-0.3, -0.25) is 14.4 Å². The molecule has 4 aromatic rings. The van der Waals surface area contributed by atoms with Crippen LogP contribution in [0, 0.1) is 5.92 Å². The van der Waals surface area contributed by atoms with Gasteiger partial charge in [0.25, 0.3) is 0 Å². The van der Waals surface area contributed by atoms with Gasteiger partial charge in [0, 0.05) is 36.4 Å². The summed E-state index contributed by atoms with van der Waals surface area (Å²) < 4.78 is 71.1. The molecule has 2 amide bonds. The van der Waals surface area contributed by atoms with E-state index in [-0.39, 0.29) is 35.2 Å². The normalized spacial score (nSPS) is 15.9. The van der Waals surface area contributed by atoms with Crippen molar-refractivity contribution in [2.45, 2.75) is 82.5 Å². The maximum Gasteiger partial charge on any atom is 0.490 e. The molecule has 1 aromatic heterocycles. The number of halogens is 3. The number of alkyl halides is 3. The highest BCUT2D eigenvalue weighted by molar-refractivity contribution is 7.92. The highest BCUT2D eigenvalue weighted by Crippen LogP contribution is 2.44. The molecule has 3 atom stereocenters. The molecule has 0 saturated carbocycles. The Labute approximate surface area is 338 Å². The van der Waals surface area contributed by atoms with Crippen LogP contribution in [0.25, 0.3) is 10.8 Å². The van der Waals surface area contributed by atoms with Crippen molar-refractivity contribution in [2.75, 3.05) is 29.5 Å². The predicted octanol–water partition coefficient (Wildman–Crippen LogP) is 6.60. The van der Waals surface area contributed by atoms with E-state index in [0.29, 0.717) is 35.2 Å². The van der Waals surface area contributed by atoms with E-state index in [1.807, 2.05) is 26.8 Å². The molecule has 1 aliphatic rings. The number of carboxylic acid groups (broad SMARTS) is 2. The molecule has 6 N–H and O–H groups in total. The molecule has 0 bridgehead atoms. The lowest BCUT2D eigenvalue weighted by Crippen LogP contribution is -2.40. The number of carbonyl (C=O) groups is 4. The van der Waals surface area contributed by atoms with Gasteiger partial charge in [-0.25, -0.2) is 18.2 Å². The number of ether oxygens (including phenoxy) is 2. The van der Waals surface area contributed by atoms with Crippen LogP contribution in [0.5, 0.6) is 11.5 Å². The van der Waals surface area contributed by atoms with E-state index >= 15 is 4.79 Å². The van der Waals surface area contributed by atoms with Crippen LogP contribution in [0.3, 0.4) is 0 Å². The van der Waals surface area contributed by atoms with Gasteiger partial charge in [-0.1, -0.05) is 6.07 Å². The number of hydrogen-bond donors (Lipinski definition) is 5. The van der Waals surface area contributed by atoms with Crippen LogP contribution in [0.4, 0.5) is 30.4 Å². The smallest absolute Gasteiger partial charge is 0.490 e. The Morgan fingerprint density at radius 2 is 1.63 bits per heavy atom. The molecule has 0 aliphatic carbocycles. The van der Waals surface area contributed by atoms with Gasteiger partial charge in [-0.05, 0) is 112 Å². The maximum atomic E-state index is 15.1. The number of fused-ring (bicyclic) bond motifs is 1. The summed E-state index contributed by atoms with van der Waals surface area (Å²) in [6.45, 7) is 10.3. The second kappa shape index (κ2) is 18.6. The molecule has 1 aliphatic heterocycles. The third kappa shape index (κ3) is 10.9. The Morgan fingerprint density at radius 3 is 2.20 bits per heavy atom. The zero-order valence-corrected chi connectivity index (χ0v) is 33.8. The summed E-state index contributed by atoms with van der Waals surface area (Å²) >= 11 is 0. The number of rotatable bonds is 13. The topological polar surface area (TPSA) is 228 Å². The van der Waals surface area contributed by atoms with Crippen molar-refractivity contribution >= 4 is 61.6 Å². The van der Waals surface area contributed by atoms with E-state index in [2.05, 4.69) is 15.6 Å². The monoisotopic (exact) mass is 845 g/mol. The number of pyridine rings is 1. The van der Waals surface area contributed by atoms with Crippen LogP contribution < -0.4 is 25.8 Å². The SMILES string of the molecule is CCOc1cc(C(Nc2ccc3c(N)nccc3c2)C(=O)N2CC[C@@H](C(=O)O)[C@@H]2c2cc(NC(C)=O)ccc2S(=O)(=O)C(C)C)ccc1OC(C)C.O=C(O)C(F)(F)F. The third-order valence-corrected chi connectivity index (χ3v) is 11.4. The molecular weight excluding hydrogens is 800 g/mol. The summed E-state index contributed by atoms with van der Waals surface area (Å²) in [5.74, 6) is -4.72. The number of hydrogen-bond acceptors (Lipinski definition) is 11. The van der Waals surface area contributed by atoms with Gasteiger partial charge in [-0.15, -0.1) is 0 Å². The Hall–Kier alpha value is -6.11. The minimum atomic E-state index is -5.08. The first kappa shape index (κ1) is 45.6. The zero-order chi connectivity index (χ0) is 44.0. The number of aliphatic carboxylic acids is 2. The average molecular weight is 846 g/mol. The Kier molecular flexibility index (Phi) is 14.4. The number of amides is 2. The van der Waals surface area contributed by atoms with Crippen LogP contribution in [0.2, 0.25) is 0 Å². The number of carboxylic acids is 2. The number of carbonyl (C=O) groups excluding carboxylic acids is 2. The van der Waals surface area contributed by atoms with E-state index in [4.69, 9.17) is 25.1 Å². The third-order valence-electron chi connectivity index (χ3n) is 9.13. The average Bonchev–Trinajstić information content (AvgIpc) is 3.60. The predicted molar refractivity (Wildman–Crippen MR) is 213 cm³/mol. The molecule has 1 unspecified atom stereocenters. The number of nitrogens with one attached hydrogen (secondary N) is 2. The Balaban J connectivity index is 0.00000101. The molecule has 3 aromatic carbocycles. The summed E-state index contributed by atoms with van der Waals surface area (Å²) in [6, 6.07) is 14.4. The van der Waals surface area contributed by atoms with E-state index < -0.39 is 63.0 Å². The highest BCUT2D eigenvalue weighted by Gasteiger charge is 2.46. The molecule has 5 rings (SSSR count). The van der Waals surface area contributed by atoms with Gasteiger partial charge < -0.3 is 41.0 Å². The Morgan fingerprint density at radius 1 is 0.966 bits per heavy atom. The van der Waals surface area contributed by atoms with Gasteiger partial charge in [0.05, 0.1) is 34.8 Å². The molecule has 15 nitrogen and oxygen atoms in total. The Bertz CT molecular complexity index is 2320. The van der Waals surface area contributed by atoms with E-state index in [9.17, 15) is 36.3 Å². The maximum absolute atomic E-state index is 15.1. The van der Waals surface area contributed by atoms with Crippen LogP contribution in [-0.2, 0) is 29.0 Å². The number of nitrogen functional groups attached to an aromatic ring is 1. The van der Waals surface area contributed by atoms with Gasteiger partial charge in [-0.2, -0.15) is 13.2 Å². The molecule has 59 heavy (non-hydrogen) atoms. The van der Waals surface area contributed by atoms with Crippen molar-refractivity contribution in [3.05, 3.63) is 78.0 Å². The van der Waals surface area contributed by atoms with Crippen LogP contribution in [0.1, 0.15) is 71.2 Å². The lowest BCUT2D eigenvalue weighted by molar-refractivity contribution is -0.192. The quantitative estimate of drug-likeness (QED) is 0.0957. The van der Waals surface area contributed by atoms with Gasteiger partial charge in [0.15, 0.2) is 21.3 Å². The van der Waals surface area contributed by atoms with Crippen molar-refractivity contribution < 1.29 is 60.5 Å². The van der Waals surface area contributed by atoms with E-state index in [0.717, 1.165) is 10.8 Å². The van der Waals surface area contributed by atoms with Crippen molar-refractivity contribution in [1.82, 2.24) is 9.88 Å². The van der Waals surface area contributed by atoms with Crippen LogP contribution in [0.15, 0.2) is 71.8 Å². The second-order valence-corrected chi connectivity index (χ2v) is 16.5. The number of nitrogens with zero attached hydrogens (tertiary/aromatic N) is 2. The fraction of sp³-hybridized carbons (Fsp3) is 0.375. The summed E-state index contributed by atoms with van der Waals surface area (Å²) in [5.41, 5.74) is 7.55. The second-order valence-electron chi connectivity index (χ2n) is 14.1. The summed E-state index contributed by atoms with van der Waals surface area (Å²) in [7, 11) is -3.97. The number of anilines is 3. The van der Waals surface area contributed by atoms with E-state index in [1.54, 1.807) is 42.6 Å². The summed E-state index contributed by atoms with van der Waals surface area (Å²) in [4.78, 5) is 54.3. The van der Waals surface area contributed by atoms with E-state index in [1.165, 1.54) is 43.9 Å². The van der Waals surface area contributed by atoms with Crippen LogP contribution in [-0.4, -0.2) is 82.9 Å². The van der Waals surface area contributed by atoms with Crippen molar-refractivity contribution in [3.8, 4) is 11.5 Å². The molecule has 2 heterocycles. The molecule has 318 valence electrons. The standard InChI is InChI=1S/C38H45N5O8S.C2HF3O2/c1-7-50-32-19-25(8-12-31(32)51-21(2)3)34(42-26-9-11-28-24(18-26)14-16-40-36(28)39)37(45)43-17-15-29(38(46)47)35(43)30-20-27(41-23(6)44)10-13-33(30)52(48,49)22(4)5;3-2(4,5)1(6)7/h8-14,16,18-22,29,34-35,42H,7,15,17H2,1-6H3,(H2,39,40)(H,41,44)(H,46,47);(H,6,7)/t29-,34?,35-;/m1./s1. The number of nitrogens with two attached hydrogens (primary N) is 1. The van der Waals surface area contributed by atoms with Gasteiger partial charge in [0.1, 0.15) is 11.9 Å². The largest absolute Gasteiger partial charge is 0.490 e. The first-order valence-corrected chi connectivity index (χ1v) is 19.9. The zero-order valence-electron chi connectivity index (χ0n) is 33.0. The fourth-order valence-electron chi connectivity index (χ4n) is 6.49. The molecule has 0 radical (unpaired) electrons. The van der Waals surface area contributed by atoms with Crippen LogP contribution >= 0.6 is 0 Å². The molecule has 1 fully saturated rings. The fourth-order valence-corrected chi connectivity index (χ4v) is 7.77. The molecule has 19 heteroatoms. The number of benzene rings is 3. The van der Waals surface area contributed by atoms with Crippen molar-refractivity contribution in [3.63, 3.8) is 0 Å². The minimum absolute atomic E-state index is 0.0248. The number of aromatic nitrogens is 1. The summed E-state index contributed by atoms with van der Waals surface area (Å²) in [5, 5.41) is 24.3.